The van der Waals surface area contributed by atoms with Gasteiger partial charge in [-0.05, 0) is 30.4 Å². The van der Waals surface area contributed by atoms with Crippen LogP contribution in [0, 0.1) is 0 Å². The van der Waals surface area contributed by atoms with Crippen molar-refractivity contribution in [1.82, 2.24) is 5.32 Å². The maximum absolute atomic E-state index is 11.8. The second-order valence-electron chi connectivity index (χ2n) is 5.27. The van der Waals surface area contributed by atoms with Crippen LogP contribution in [0.4, 0.5) is 5.69 Å². The first-order valence-corrected chi connectivity index (χ1v) is 6.79. The van der Waals surface area contributed by atoms with Gasteiger partial charge < -0.3 is 10.6 Å². The normalized spacial score (nSPS) is 14.8. The van der Waals surface area contributed by atoms with Crippen molar-refractivity contribution < 1.29 is 4.79 Å². The highest BCUT2D eigenvalue weighted by Crippen LogP contribution is 2.23. The van der Waals surface area contributed by atoms with Gasteiger partial charge in [-0.1, -0.05) is 32.0 Å². The summed E-state index contributed by atoms with van der Waals surface area (Å²) in [5, 5.41) is 6.36. The third-order valence-corrected chi connectivity index (χ3v) is 3.22. The molecule has 0 spiro atoms. The van der Waals surface area contributed by atoms with Crippen LogP contribution in [0.3, 0.4) is 0 Å². The van der Waals surface area contributed by atoms with Crippen LogP contribution >= 0.6 is 0 Å². The van der Waals surface area contributed by atoms with Crippen LogP contribution in [0.5, 0.6) is 0 Å². The van der Waals surface area contributed by atoms with Gasteiger partial charge in [0.1, 0.15) is 0 Å². The molecule has 2 rings (SSSR count). The predicted molar refractivity (Wildman–Crippen MR) is 74.8 cm³/mol. The third-order valence-electron chi connectivity index (χ3n) is 3.22. The Balaban J connectivity index is 1.85. The van der Waals surface area contributed by atoms with Crippen molar-refractivity contribution in [2.75, 3.05) is 11.9 Å². The van der Waals surface area contributed by atoms with Crippen LogP contribution in [0.15, 0.2) is 24.3 Å². The highest BCUT2D eigenvalue weighted by molar-refractivity contribution is 5.91. The van der Waals surface area contributed by atoms with Crippen molar-refractivity contribution in [3.05, 3.63) is 29.8 Å². The zero-order valence-electron chi connectivity index (χ0n) is 11.2. The van der Waals surface area contributed by atoms with Crippen LogP contribution < -0.4 is 10.6 Å². The van der Waals surface area contributed by atoms with Gasteiger partial charge in [-0.3, -0.25) is 4.79 Å². The molecule has 18 heavy (non-hydrogen) atoms. The summed E-state index contributed by atoms with van der Waals surface area (Å²) in [5.41, 5.74) is 2.14. The van der Waals surface area contributed by atoms with Crippen LogP contribution in [0.2, 0.25) is 0 Å². The lowest BCUT2D eigenvalue weighted by Gasteiger charge is -2.13. The molecule has 3 heteroatoms. The fraction of sp³-hybridized carbons (Fsp3) is 0.533. The van der Waals surface area contributed by atoms with Gasteiger partial charge >= 0.3 is 0 Å². The standard InChI is InChI=1S/C15H22N2O/c1-11(2)13-5-3-4-6-14(13)17-15(18)9-10-16-12-7-8-12/h3-6,11-12,16H,7-10H2,1-2H3,(H,17,18). The van der Waals surface area contributed by atoms with E-state index >= 15 is 0 Å². The summed E-state index contributed by atoms with van der Waals surface area (Å²) in [6, 6.07) is 8.69. The largest absolute Gasteiger partial charge is 0.326 e. The van der Waals surface area contributed by atoms with E-state index in [4.69, 9.17) is 0 Å². The Kier molecular flexibility index (Phi) is 4.37. The Morgan fingerprint density at radius 1 is 1.33 bits per heavy atom. The highest BCUT2D eigenvalue weighted by atomic mass is 16.1. The van der Waals surface area contributed by atoms with Crippen LogP contribution in [0.25, 0.3) is 0 Å². The van der Waals surface area contributed by atoms with Crippen molar-refractivity contribution in [2.45, 2.75) is 45.1 Å². The molecule has 1 amide bonds. The van der Waals surface area contributed by atoms with Crippen LogP contribution in [-0.2, 0) is 4.79 Å². The van der Waals surface area contributed by atoms with Crippen molar-refractivity contribution in [2.24, 2.45) is 0 Å². The minimum Gasteiger partial charge on any atom is -0.326 e. The summed E-state index contributed by atoms with van der Waals surface area (Å²) in [5.74, 6) is 0.516. The Labute approximate surface area is 109 Å². The Bertz CT molecular complexity index is 411. The molecular weight excluding hydrogens is 224 g/mol. The lowest BCUT2D eigenvalue weighted by Crippen LogP contribution is -2.23. The Morgan fingerprint density at radius 3 is 2.72 bits per heavy atom. The summed E-state index contributed by atoms with van der Waals surface area (Å²) in [7, 11) is 0. The second-order valence-corrected chi connectivity index (χ2v) is 5.27. The Morgan fingerprint density at radius 2 is 2.06 bits per heavy atom. The summed E-state index contributed by atoms with van der Waals surface area (Å²) in [6.45, 7) is 5.06. The van der Waals surface area contributed by atoms with E-state index in [9.17, 15) is 4.79 Å². The maximum atomic E-state index is 11.8. The number of carbonyl (C=O) groups is 1. The molecule has 98 valence electrons. The molecule has 1 aliphatic rings. The van der Waals surface area contributed by atoms with E-state index < -0.39 is 0 Å². The highest BCUT2D eigenvalue weighted by Gasteiger charge is 2.20. The lowest BCUT2D eigenvalue weighted by atomic mass is 10.0. The minimum atomic E-state index is 0.0938. The maximum Gasteiger partial charge on any atom is 0.225 e. The van der Waals surface area contributed by atoms with Gasteiger partial charge in [0.15, 0.2) is 0 Å². The topological polar surface area (TPSA) is 41.1 Å². The van der Waals surface area contributed by atoms with Crippen LogP contribution in [0.1, 0.15) is 44.6 Å². The molecule has 0 unspecified atom stereocenters. The molecule has 0 aromatic heterocycles. The predicted octanol–water partition coefficient (Wildman–Crippen LogP) is 2.89. The smallest absolute Gasteiger partial charge is 0.225 e. The summed E-state index contributed by atoms with van der Waals surface area (Å²) < 4.78 is 0. The third kappa shape index (κ3) is 3.84. The van der Waals surface area contributed by atoms with Gasteiger partial charge in [-0.25, -0.2) is 0 Å². The minimum absolute atomic E-state index is 0.0938. The first-order chi connectivity index (χ1) is 8.66. The molecular formula is C15H22N2O. The van der Waals surface area contributed by atoms with E-state index in [0.717, 1.165) is 12.2 Å². The number of para-hydroxylation sites is 1. The van der Waals surface area contributed by atoms with E-state index in [-0.39, 0.29) is 5.91 Å². The molecule has 0 saturated heterocycles. The van der Waals surface area contributed by atoms with E-state index in [2.05, 4.69) is 30.5 Å². The Hall–Kier alpha value is -1.35. The van der Waals surface area contributed by atoms with E-state index in [1.165, 1.54) is 18.4 Å². The number of nitrogens with one attached hydrogen (secondary N) is 2. The lowest BCUT2D eigenvalue weighted by molar-refractivity contribution is -0.116. The molecule has 0 atom stereocenters. The van der Waals surface area contributed by atoms with Gasteiger partial charge in [0, 0.05) is 24.7 Å². The zero-order chi connectivity index (χ0) is 13.0. The first kappa shape index (κ1) is 13.1. The molecule has 0 radical (unpaired) electrons. The summed E-state index contributed by atoms with van der Waals surface area (Å²) in [4.78, 5) is 11.8. The van der Waals surface area contributed by atoms with Gasteiger partial charge in [-0.15, -0.1) is 0 Å². The molecule has 1 aromatic rings. The van der Waals surface area contributed by atoms with Crippen molar-refractivity contribution in [3.63, 3.8) is 0 Å². The quantitative estimate of drug-likeness (QED) is 0.810. The molecule has 2 N–H and O–H groups in total. The molecule has 3 nitrogen and oxygen atoms in total. The molecule has 0 aliphatic heterocycles. The average molecular weight is 246 g/mol. The van der Waals surface area contributed by atoms with Gasteiger partial charge in [0.05, 0.1) is 0 Å². The van der Waals surface area contributed by atoms with E-state index in [1.807, 2.05) is 18.2 Å². The molecule has 0 heterocycles. The number of benzene rings is 1. The van der Waals surface area contributed by atoms with Gasteiger partial charge in [0.25, 0.3) is 0 Å². The number of carbonyl (C=O) groups excluding carboxylic acids is 1. The van der Waals surface area contributed by atoms with E-state index in [1.54, 1.807) is 0 Å². The number of hydrogen-bond acceptors (Lipinski definition) is 2. The average Bonchev–Trinajstić information content (AvgIpc) is 3.13. The van der Waals surface area contributed by atoms with Gasteiger partial charge in [0.2, 0.25) is 5.91 Å². The zero-order valence-corrected chi connectivity index (χ0v) is 11.2. The fourth-order valence-corrected chi connectivity index (χ4v) is 2.00. The second kappa shape index (κ2) is 6.01. The number of rotatable bonds is 6. The number of anilines is 1. The van der Waals surface area contributed by atoms with Gasteiger partial charge in [-0.2, -0.15) is 0 Å². The van der Waals surface area contributed by atoms with Crippen molar-refractivity contribution >= 4 is 11.6 Å². The van der Waals surface area contributed by atoms with E-state index in [0.29, 0.717) is 18.4 Å². The molecule has 1 aliphatic carbocycles. The molecule has 1 fully saturated rings. The summed E-state index contributed by atoms with van der Waals surface area (Å²) in [6.07, 6.45) is 3.07. The summed E-state index contributed by atoms with van der Waals surface area (Å²) >= 11 is 0. The number of hydrogen-bond donors (Lipinski definition) is 2. The van der Waals surface area contributed by atoms with Crippen LogP contribution in [-0.4, -0.2) is 18.5 Å². The number of amides is 1. The monoisotopic (exact) mass is 246 g/mol. The molecule has 1 saturated carbocycles. The fourth-order valence-electron chi connectivity index (χ4n) is 2.00. The SMILES string of the molecule is CC(C)c1ccccc1NC(=O)CCNC1CC1. The van der Waals surface area contributed by atoms with Crippen molar-refractivity contribution in [1.29, 1.82) is 0 Å². The molecule has 1 aromatic carbocycles. The first-order valence-electron chi connectivity index (χ1n) is 6.79. The molecule has 0 bridgehead atoms. The van der Waals surface area contributed by atoms with Crippen molar-refractivity contribution in [3.8, 4) is 0 Å².